The predicted molar refractivity (Wildman–Crippen MR) is 228 cm³/mol. The molecule has 2 bridgehead atoms. The van der Waals surface area contributed by atoms with Crippen molar-refractivity contribution in [3.8, 4) is 22.3 Å². The summed E-state index contributed by atoms with van der Waals surface area (Å²) in [5.74, 6) is 2.22. The smallest absolute Gasteiger partial charge is 0.135 e. The molecule has 2 atom stereocenters. The lowest BCUT2D eigenvalue weighted by Crippen LogP contribution is -2.49. The average molecular weight is 716 g/mol. The maximum absolute atomic E-state index is 6.38. The van der Waals surface area contributed by atoms with Gasteiger partial charge in [-0.25, -0.2) is 0 Å². The van der Waals surface area contributed by atoms with Crippen LogP contribution in [0.1, 0.15) is 99.8 Å². The summed E-state index contributed by atoms with van der Waals surface area (Å²) in [6, 6.07) is 49.2. The largest absolute Gasteiger partial charge is 0.456 e. The van der Waals surface area contributed by atoms with E-state index in [0.717, 1.165) is 17.1 Å². The molecule has 2 unspecified atom stereocenters. The number of para-hydroxylation sites is 1. The van der Waals surface area contributed by atoms with Gasteiger partial charge in [0.2, 0.25) is 0 Å². The minimum Gasteiger partial charge on any atom is -0.456 e. The molecule has 1 aromatic heterocycles. The van der Waals surface area contributed by atoms with Crippen molar-refractivity contribution in [3.63, 3.8) is 0 Å². The molecule has 6 aromatic carbocycles. The second kappa shape index (κ2) is 12.0. The molecule has 55 heavy (non-hydrogen) atoms. The minimum atomic E-state index is 0.0912. The molecule has 1 heterocycles. The Labute approximate surface area is 325 Å². The Morgan fingerprint density at radius 3 is 1.87 bits per heavy atom. The number of rotatable bonds is 4. The van der Waals surface area contributed by atoms with E-state index < -0.39 is 0 Å². The van der Waals surface area contributed by atoms with Gasteiger partial charge in [0.15, 0.2) is 0 Å². The van der Waals surface area contributed by atoms with E-state index in [2.05, 4.69) is 139 Å². The molecule has 7 aromatic rings. The molecule has 3 fully saturated rings. The molecule has 0 N–H and O–H groups in total. The van der Waals surface area contributed by atoms with E-state index in [-0.39, 0.29) is 10.8 Å². The Hall–Kier alpha value is -5.08. The number of nitrogens with zero attached hydrogens (tertiary/aromatic N) is 1. The van der Waals surface area contributed by atoms with Gasteiger partial charge in [0.1, 0.15) is 11.2 Å². The monoisotopic (exact) mass is 715 g/mol. The standard InChI is InChI=1S/C53H49NO/c1-2-34-29-35-13-12-14-36(30-34)53(35)47-19-8-5-16-41(47)43-25-22-39(33-49(43)53)54(37-23-26-51-45(31-37)44-17-6-9-20-50(44)55-51)38-21-24-42-40-15-4-7-18-46(40)52(48(42)32-38)27-10-3-11-28-52/h4-9,15-26,31-36H,2-3,10-14,27-30H2,1H3. The highest BCUT2D eigenvalue weighted by Gasteiger charge is 2.57. The number of hydrogen-bond donors (Lipinski definition) is 0. The fourth-order valence-corrected chi connectivity index (χ4v) is 13.2. The van der Waals surface area contributed by atoms with Crippen LogP contribution >= 0.6 is 0 Å². The van der Waals surface area contributed by atoms with Crippen molar-refractivity contribution in [1.82, 2.24) is 0 Å². The van der Waals surface area contributed by atoms with Gasteiger partial charge in [-0.05, 0) is 149 Å². The van der Waals surface area contributed by atoms with E-state index in [9.17, 15) is 0 Å². The number of hydrogen-bond acceptors (Lipinski definition) is 2. The second-order valence-electron chi connectivity index (χ2n) is 17.7. The molecule has 3 saturated carbocycles. The Balaban J connectivity index is 1.09. The lowest BCUT2D eigenvalue weighted by atomic mass is 9.49. The van der Waals surface area contributed by atoms with E-state index in [1.165, 1.54) is 126 Å². The topological polar surface area (TPSA) is 16.4 Å². The van der Waals surface area contributed by atoms with Crippen LogP contribution in [0.5, 0.6) is 0 Å². The van der Waals surface area contributed by atoms with Crippen LogP contribution in [-0.2, 0) is 10.8 Å². The Morgan fingerprint density at radius 1 is 0.527 bits per heavy atom. The summed E-state index contributed by atoms with van der Waals surface area (Å²) in [4.78, 5) is 2.59. The highest BCUT2D eigenvalue weighted by Crippen LogP contribution is 2.66. The number of benzene rings is 6. The fraction of sp³-hybridized carbons (Fsp3) is 0.321. The molecule has 5 aliphatic carbocycles. The van der Waals surface area contributed by atoms with Crippen molar-refractivity contribution in [2.24, 2.45) is 17.8 Å². The molecule has 2 nitrogen and oxygen atoms in total. The van der Waals surface area contributed by atoms with E-state index in [0.29, 0.717) is 11.8 Å². The van der Waals surface area contributed by atoms with Crippen molar-refractivity contribution < 1.29 is 4.42 Å². The van der Waals surface area contributed by atoms with Gasteiger partial charge in [0.25, 0.3) is 0 Å². The molecular formula is C53H49NO. The van der Waals surface area contributed by atoms with E-state index in [1.807, 2.05) is 0 Å². The van der Waals surface area contributed by atoms with E-state index in [4.69, 9.17) is 4.42 Å². The van der Waals surface area contributed by atoms with Crippen molar-refractivity contribution in [2.75, 3.05) is 4.90 Å². The first kappa shape index (κ1) is 32.2. The first-order chi connectivity index (χ1) is 27.2. The number of furan rings is 1. The molecule has 5 aliphatic rings. The van der Waals surface area contributed by atoms with Crippen molar-refractivity contribution >= 4 is 39.0 Å². The first-order valence-corrected chi connectivity index (χ1v) is 21.4. The molecule has 0 amide bonds. The van der Waals surface area contributed by atoms with Crippen LogP contribution in [-0.4, -0.2) is 0 Å². The maximum atomic E-state index is 6.38. The zero-order valence-corrected chi connectivity index (χ0v) is 32.0. The van der Waals surface area contributed by atoms with Crippen LogP contribution in [0.4, 0.5) is 17.1 Å². The molecule has 12 rings (SSSR count). The second-order valence-corrected chi connectivity index (χ2v) is 17.7. The Morgan fingerprint density at radius 2 is 1.11 bits per heavy atom. The highest BCUT2D eigenvalue weighted by molar-refractivity contribution is 6.06. The summed E-state index contributed by atoms with van der Waals surface area (Å²) >= 11 is 0. The van der Waals surface area contributed by atoms with Crippen LogP contribution in [0.15, 0.2) is 132 Å². The summed E-state index contributed by atoms with van der Waals surface area (Å²) in [6.07, 6.45) is 14.4. The fourth-order valence-electron chi connectivity index (χ4n) is 13.2. The normalized spacial score (nSPS) is 24.2. The van der Waals surface area contributed by atoms with Gasteiger partial charge in [0, 0.05) is 38.7 Å². The van der Waals surface area contributed by atoms with E-state index >= 15 is 0 Å². The van der Waals surface area contributed by atoms with Gasteiger partial charge in [-0.1, -0.05) is 118 Å². The maximum Gasteiger partial charge on any atom is 0.135 e. The SMILES string of the molecule is CCC1CC2CCCC(C1)C21c2ccccc2-c2ccc(N(c3ccc4c(c3)C3(CCCCC3)c3ccccc3-4)c3ccc4oc5ccccc5c4c3)cc21. The lowest BCUT2D eigenvalue weighted by molar-refractivity contribution is 0.0492. The third kappa shape index (κ3) is 4.37. The van der Waals surface area contributed by atoms with Gasteiger partial charge >= 0.3 is 0 Å². The Bertz CT molecular complexity index is 2640. The molecule has 2 spiro atoms. The number of fused-ring (bicyclic) bond motifs is 11. The van der Waals surface area contributed by atoms with Crippen LogP contribution in [0.2, 0.25) is 0 Å². The average Bonchev–Trinajstić information content (AvgIpc) is 3.83. The molecule has 0 radical (unpaired) electrons. The molecule has 0 saturated heterocycles. The number of anilines is 3. The summed E-state index contributed by atoms with van der Waals surface area (Å²) in [5.41, 5.74) is 17.9. The first-order valence-electron chi connectivity index (χ1n) is 21.4. The molecular weight excluding hydrogens is 667 g/mol. The van der Waals surface area contributed by atoms with Crippen LogP contribution in [0, 0.1) is 17.8 Å². The molecule has 272 valence electrons. The van der Waals surface area contributed by atoms with Gasteiger partial charge in [0.05, 0.1) is 0 Å². The third-order valence-corrected chi connectivity index (χ3v) is 15.4. The van der Waals surface area contributed by atoms with Gasteiger partial charge in [-0.2, -0.15) is 0 Å². The van der Waals surface area contributed by atoms with Gasteiger partial charge in [-0.3, -0.25) is 0 Å². The molecule has 0 aliphatic heterocycles. The van der Waals surface area contributed by atoms with Gasteiger partial charge < -0.3 is 9.32 Å². The summed E-state index contributed by atoms with van der Waals surface area (Å²) in [6.45, 7) is 2.43. The minimum absolute atomic E-state index is 0.0912. The Kier molecular flexibility index (Phi) is 7.00. The van der Waals surface area contributed by atoms with Crippen molar-refractivity contribution in [1.29, 1.82) is 0 Å². The van der Waals surface area contributed by atoms with Crippen molar-refractivity contribution in [2.45, 2.75) is 88.4 Å². The summed E-state index contributed by atoms with van der Waals surface area (Å²) < 4.78 is 6.38. The highest BCUT2D eigenvalue weighted by atomic mass is 16.3. The van der Waals surface area contributed by atoms with E-state index in [1.54, 1.807) is 16.7 Å². The van der Waals surface area contributed by atoms with Crippen LogP contribution < -0.4 is 4.90 Å². The summed E-state index contributed by atoms with van der Waals surface area (Å²) in [7, 11) is 0. The van der Waals surface area contributed by atoms with Crippen LogP contribution in [0.3, 0.4) is 0 Å². The quantitative estimate of drug-likeness (QED) is 0.180. The van der Waals surface area contributed by atoms with Crippen molar-refractivity contribution in [3.05, 3.63) is 150 Å². The summed E-state index contributed by atoms with van der Waals surface area (Å²) in [5, 5.41) is 2.35. The zero-order chi connectivity index (χ0) is 36.3. The van der Waals surface area contributed by atoms with Crippen LogP contribution in [0.25, 0.3) is 44.2 Å². The van der Waals surface area contributed by atoms with Gasteiger partial charge in [-0.15, -0.1) is 0 Å². The molecule has 2 heteroatoms. The predicted octanol–water partition coefficient (Wildman–Crippen LogP) is 14.8. The lowest BCUT2D eigenvalue weighted by Gasteiger charge is -2.55. The zero-order valence-electron chi connectivity index (χ0n) is 32.0. The third-order valence-electron chi connectivity index (χ3n) is 15.4.